The van der Waals surface area contributed by atoms with Gasteiger partial charge in [0.2, 0.25) is 0 Å². The summed E-state index contributed by atoms with van der Waals surface area (Å²) >= 11 is 0. The molecule has 2 aromatic carbocycles. The van der Waals surface area contributed by atoms with Crippen LogP contribution in [-0.2, 0) is 0 Å². The number of hydrazone groups is 1. The smallest absolute Gasteiger partial charge is 0.0715 e. The van der Waals surface area contributed by atoms with Crippen molar-refractivity contribution in [3.63, 3.8) is 0 Å². The normalized spacial score (nSPS) is 11.0. The lowest BCUT2D eigenvalue weighted by Crippen LogP contribution is -2.21. The molecule has 0 fully saturated rings. The lowest BCUT2D eigenvalue weighted by Gasteiger charge is -2.04. The van der Waals surface area contributed by atoms with E-state index < -0.39 is 5.97 Å². The van der Waals surface area contributed by atoms with Crippen molar-refractivity contribution < 1.29 is 9.90 Å². The monoisotopic (exact) mass is 333 g/mol. The van der Waals surface area contributed by atoms with Crippen molar-refractivity contribution in [2.75, 3.05) is 5.43 Å². The second kappa shape index (κ2) is 7.00. The molecule has 0 saturated heterocycles. The van der Waals surface area contributed by atoms with Gasteiger partial charge in [0.1, 0.15) is 0 Å². The van der Waals surface area contributed by atoms with Crippen molar-refractivity contribution >= 4 is 17.9 Å². The van der Waals surface area contributed by atoms with E-state index in [4.69, 9.17) is 0 Å². The van der Waals surface area contributed by atoms with Gasteiger partial charge in [0.25, 0.3) is 0 Å². The summed E-state index contributed by atoms with van der Waals surface area (Å²) in [5.41, 5.74) is 7.49. The Bertz CT molecular complexity index is 913. The number of nitrogens with one attached hydrogen (secondary N) is 1. The highest BCUT2D eigenvalue weighted by Gasteiger charge is 2.10. The topological polar surface area (TPSA) is 82.3 Å². The van der Waals surface area contributed by atoms with Crippen molar-refractivity contribution in [1.29, 1.82) is 0 Å². The first kappa shape index (κ1) is 16.4. The summed E-state index contributed by atoms with van der Waals surface area (Å²) in [5, 5.41) is 19.5. The van der Waals surface area contributed by atoms with Crippen molar-refractivity contribution in [2.24, 2.45) is 5.10 Å². The third-order valence-electron chi connectivity index (χ3n) is 3.86. The molecular weight excluding hydrogens is 316 g/mol. The highest BCUT2D eigenvalue weighted by molar-refractivity contribution is 5.86. The van der Waals surface area contributed by atoms with Crippen molar-refractivity contribution in [1.82, 2.24) is 9.78 Å². The van der Waals surface area contributed by atoms with Crippen molar-refractivity contribution in [3.8, 4) is 5.69 Å². The largest absolute Gasteiger partial charge is 0.545 e. The zero-order valence-corrected chi connectivity index (χ0v) is 13.9. The maximum atomic E-state index is 10.7. The number of carboxylic acids is 1. The van der Waals surface area contributed by atoms with Gasteiger partial charge in [-0.1, -0.05) is 30.3 Å². The number of nitrogens with zero attached hydrogens (tertiary/aromatic N) is 3. The molecule has 0 radical (unpaired) electrons. The Morgan fingerprint density at radius 1 is 1.12 bits per heavy atom. The van der Waals surface area contributed by atoms with E-state index >= 15 is 0 Å². The van der Waals surface area contributed by atoms with Crippen LogP contribution in [0, 0.1) is 13.8 Å². The molecule has 6 nitrogen and oxygen atoms in total. The van der Waals surface area contributed by atoms with E-state index in [-0.39, 0.29) is 5.56 Å². The highest BCUT2D eigenvalue weighted by Crippen LogP contribution is 2.16. The minimum atomic E-state index is -1.20. The molecule has 126 valence electrons. The first-order chi connectivity index (χ1) is 12.1. The van der Waals surface area contributed by atoms with E-state index in [1.165, 1.54) is 12.1 Å². The average Bonchev–Trinajstić information content (AvgIpc) is 2.91. The number of rotatable bonds is 5. The van der Waals surface area contributed by atoms with Gasteiger partial charge in [0.05, 0.1) is 34.9 Å². The summed E-state index contributed by atoms with van der Waals surface area (Å²) in [6.45, 7) is 3.92. The molecule has 0 aliphatic carbocycles. The molecule has 1 heterocycles. The van der Waals surface area contributed by atoms with E-state index in [0.717, 1.165) is 22.6 Å². The summed E-state index contributed by atoms with van der Waals surface area (Å²) in [6, 6.07) is 16.1. The average molecular weight is 333 g/mol. The maximum Gasteiger partial charge on any atom is 0.0715 e. The van der Waals surface area contributed by atoms with Crippen LogP contribution in [0.25, 0.3) is 5.69 Å². The second-order valence-electron chi connectivity index (χ2n) is 5.57. The highest BCUT2D eigenvalue weighted by atomic mass is 16.4. The molecule has 25 heavy (non-hydrogen) atoms. The quantitative estimate of drug-likeness (QED) is 0.574. The van der Waals surface area contributed by atoms with Gasteiger partial charge in [-0.3, -0.25) is 5.43 Å². The minimum absolute atomic E-state index is 0.130. The Labute approximate surface area is 145 Å². The fraction of sp³-hybridized carbons (Fsp3) is 0.105. The lowest BCUT2D eigenvalue weighted by molar-refractivity contribution is -0.255. The van der Waals surface area contributed by atoms with Gasteiger partial charge in [-0.15, -0.1) is 0 Å². The van der Waals surface area contributed by atoms with Gasteiger partial charge >= 0.3 is 0 Å². The first-order valence-corrected chi connectivity index (χ1v) is 7.78. The molecule has 0 amide bonds. The number of carbonyl (C=O) groups excluding carboxylic acids is 1. The molecule has 6 heteroatoms. The molecule has 0 saturated carbocycles. The number of para-hydroxylation sites is 1. The van der Waals surface area contributed by atoms with E-state index in [2.05, 4.69) is 15.6 Å². The molecule has 0 spiro atoms. The van der Waals surface area contributed by atoms with Crippen molar-refractivity contribution in [2.45, 2.75) is 13.8 Å². The molecule has 0 unspecified atom stereocenters. The van der Waals surface area contributed by atoms with Crippen LogP contribution >= 0.6 is 0 Å². The maximum absolute atomic E-state index is 10.7. The van der Waals surface area contributed by atoms with Gasteiger partial charge in [0.15, 0.2) is 0 Å². The van der Waals surface area contributed by atoms with Gasteiger partial charge in [-0.05, 0) is 43.7 Å². The van der Waals surface area contributed by atoms with Gasteiger partial charge in [0, 0.05) is 5.56 Å². The van der Waals surface area contributed by atoms with Crippen molar-refractivity contribution in [3.05, 3.63) is 77.1 Å². The summed E-state index contributed by atoms with van der Waals surface area (Å²) in [5.74, 6) is -1.20. The van der Waals surface area contributed by atoms with Gasteiger partial charge in [-0.2, -0.15) is 10.2 Å². The molecule has 3 rings (SSSR count). The minimum Gasteiger partial charge on any atom is -0.545 e. The second-order valence-corrected chi connectivity index (χ2v) is 5.57. The Balaban J connectivity index is 1.78. The molecule has 0 aliphatic rings. The predicted molar refractivity (Wildman–Crippen MR) is 95.0 cm³/mol. The van der Waals surface area contributed by atoms with Crippen LogP contribution in [0.2, 0.25) is 0 Å². The molecule has 1 N–H and O–H groups in total. The number of hydrogen-bond acceptors (Lipinski definition) is 5. The summed E-state index contributed by atoms with van der Waals surface area (Å²) < 4.78 is 1.88. The Morgan fingerprint density at radius 3 is 2.44 bits per heavy atom. The number of aryl methyl sites for hydroxylation is 1. The number of aromatic nitrogens is 2. The van der Waals surface area contributed by atoms with Crippen LogP contribution in [0.3, 0.4) is 0 Å². The van der Waals surface area contributed by atoms with E-state index in [9.17, 15) is 9.90 Å². The predicted octanol–water partition coefficient (Wildman–Crippen LogP) is 2.30. The summed E-state index contributed by atoms with van der Waals surface area (Å²) in [6.07, 6.45) is 1.71. The number of hydrogen-bond donors (Lipinski definition) is 1. The zero-order valence-electron chi connectivity index (χ0n) is 13.9. The van der Waals surface area contributed by atoms with E-state index in [1.807, 2.05) is 48.9 Å². The molecular formula is C19H17N4O2-. The van der Waals surface area contributed by atoms with Crippen LogP contribution < -0.4 is 10.5 Å². The number of benzene rings is 2. The third-order valence-corrected chi connectivity index (χ3v) is 3.86. The molecule has 0 atom stereocenters. The van der Waals surface area contributed by atoms with Crippen LogP contribution in [-0.4, -0.2) is 22.0 Å². The molecule has 3 aromatic rings. The van der Waals surface area contributed by atoms with Crippen LogP contribution in [0.4, 0.5) is 5.69 Å². The zero-order chi connectivity index (χ0) is 17.8. The molecule has 1 aromatic heterocycles. The standard InChI is InChI=1S/C19H18N4O2/c1-13-18(14(2)23(22-13)17-6-4-3-5-7-17)12-20-21-16-10-8-15(9-11-16)19(24)25/h3-12,21H,1-2H3,(H,24,25)/p-1/b20-12-. The number of anilines is 1. The van der Waals surface area contributed by atoms with Gasteiger partial charge in [-0.25, -0.2) is 4.68 Å². The van der Waals surface area contributed by atoms with Crippen LogP contribution in [0.5, 0.6) is 0 Å². The number of aromatic carboxylic acids is 1. The van der Waals surface area contributed by atoms with Gasteiger partial charge < -0.3 is 9.90 Å². The van der Waals surface area contributed by atoms with Crippen LogP contribution in [0.1, 0.15) is 27.3 Å². The summed E-state index contributed by atoms with van der Waals surface area (Å²) in [4.78, 5) is 10.7. The third kappa shape index (κ3) is 3.58. The Kier molecular flexibility index (Phi) is 4.61. The fourth-order valence-corrected chi connectivity index (χ4v) is 2.51. The number of carbonyl (C=O) groups is 1. The Hall–Kier alpha value is -3.41. The van der Waals surface area contributed by atoms with E-state index in [1.54, 1.807) is 18.3 Å². The molecule has 0 aliphatic heterocycles. The van der Waals surface area contributed by atoms with Crippen LogP contribution in [0.15, 0.2) is 59.7 Å². The lowest BCUT2D eigenvalue weighted by atomic mass is 10.2. The fourth-order valence-electron chi connectivity index (χ4n) is 2.51. The molecule has 0 bridgehead atoms. The SMILES string of the molecule is Cc1nn(-c2ccccc2)c(C)c1/C=N\Nc1ccc(C(=O)[O-])cc1. The van der Waals surface area contributed by atoms with E-state index in [0.29, 0.717) is 5.69 Å². The first-order valence-electron chi connectivity index (χ1n) is 7.78. The Morgan fingerprint density at radius 2 is 1.80 bits per heavy atom. The summed E-state index contributed by atoms with van der Waals surface area (Å²) in [7, 11) is 0. The number of carboxylic acid groups (broad SMARTS) is 1.